The van der Waals surface area contributed by atoms with Crippen LogP contribution in [-0.2, 0) is 14.8 Å². The van der Waals surface area contributed by atoms with Gasteiger partial charge in [-0.15, -0.1) is 0 Å². The molecule has 7 heteroatoms. The Morgan fingerprint density at radius 3 is 2.43 bits per heavy atom. The number of benzene rings is 1. The maximum atomic E-state index is 12.2. The predicted octanol–water partition coefficient (Wildman–Crippen LogP) is 1.67. The second-order valence-corrected chi connectivity index (χ2v) is 7.67. The van der Waals surface area contributed by atoms with E-state index < -0.39 is 10.0 Å². The second kappa shape index (κ2) is 7.90. The van der Waals surface area contributed by atoms with E-state index in [2.05, 4.69) is 10.0 Å². The first kappa shape index (κ1) is 17.9. The molecule has 1 aromatic rings. The molecule has 1 aromatic carbocycles. The number of amides is 1. The van der Waals surface area contributed by atoms with Gasteiger partial charge in [-0.1, -0.05) is 12.8 Å². The van der Waals surface area contributed by atoms with Crippen LogP contribution in [0.25, 0.3) is 0 Å². The van der Waals surface area contributed by atoms with E-state index in [4.69, 9.17) is 4.74 Å². The standard InChI is InChI=1S/C16H24N2O4S/c1-12(11-22-2)18-23(20,21)15-9-7-13(8-10-15)16(19)17-14-5-3-4-6-14/h7-10,12,14,18H,3-6,11H2,1-2H3,(H,17,19)/t12-/m1/s1. The third-order valence-corrected chi connectivity index (χ3v) is 5.50. The molecule has 1 amide bonds. The highest BCUT2D eigenvalue weighted by atomic mass is 32.2. The van der Waals surface area contributed by atoms with E-state index in [-0.39, 0.29) is 22.9 Å². The third kappa shape index (κ3) is 5.02. The summed E-state index contributed by atoms with van der Waals surface area (Å²) < 4.78 is 31.9. The summed E-state index contributed by atoms with van der Waals surface area (Å²) in [5, 5.41) is 2.98. The van der Waals surface area contributed by atoms with Gasteiger partial charge in [0.25, 0.3) is 5.91 Å². The summed E-state index contributed by atoms with van der Waals surface area (Å²) in [6.07, 6.45) is 4.32. The smallest absolute Gasteiger partial charge is 0.251 e. The quantitative estimate of drug-likeness (QED) is 0.791. The summed E-state index contributed by atoms with van der Waals surface area (Å²) in [4.78, 5) is 12.3. The number of carbonyl (C=O) groups is 1. The van der Waals surface area contributed by atoms with Crippen LogP contribution in [0.4, 0.5) is 0 Å². The molecule has 1 aliphatic carbocycles. The van der Waals surface area contributed by atoms with E-state index in [9.17, 15) is 13.2 Å². The van der Waals surface area contributed by atoms with Crippen molar-refractivity contribution in [3.63, 3.8) is 0 Å². The van der Waals surface area contributed by atoms with Gasteiger partial charge in [0.05, 0.1) is 11.5 Å². The molecule has 6 nitrogen and oxygen atoms in total. The molecule has 0 heterocycles. The maximum absolute atomic E-state index is 12.2. The first-order valence-electron chi connectivity index (χ1n) is 7.84. The molecule has 2 N–H and O–H groups in total. The Morgan fingerprint density at radius 1 is 1.26 bits per heavy atom. The number of methoxy groups -OCH3 is 1. The number of ether oxygens (including phenoxy) is 1. The molecular formula is C16H24N2O4S. The van der Waals surface area contributed by atoms with Gasteiger partial charge < -0.3 is 10.1 Å². The average molecular weight is 340 g/mol. The number of sulfonamides is 1. The highest BCUT2D eigenvalue weighted by Gasteiger charge is 2.20. The topological polar surface area (TPSA) is 84.5 Å². The van der Waals surface area contributed by atoms with Crippen LogP contribution in [0.1, 0.15) is 43.0 Å². The summed E-state index contributed by atoms with van der Waals surface area (Å²) in [6.45, 7) is 2.02. The van der Waals surface area contributed by atoms with Crippen LogP contribution in [0.2, 0.25) is 0 Å². The Bertz CT molecular complexity index is 622. The van der Waals surface area contributed by atoms with Gasteiger partial charge in [-0.3, -0.25) is 4.79 Å². The number of hydrogen-bond donors (Lipinski definition) is 2. The SMILES string of the molecule is COC[C@@H](C)NS(=O)(=O)c1ccc(C(=O)NC2CCCC2)cc1. The van der Waals surface area contributed by atoms with Gasteiger partial charge in [0.2, 0.25) is 10.0 Å². The fraction of sp³-hybridized carbons (Fsp3) is 0.562. The van der Waals surface area contributed by atoms with Crippen molar-refractivity contribution in [1.82, 2.24) is 10.0 Å². The van der Waals surface area contributed by atoms with Crippen LogP contribution in [0, 0.1) is 0 Å². The average Bonchev–Trinajstić information content (AvgIpc) is 3.00. The molecule has 23 heavy (non-hydrogen) atoms. The van der Waals surface area contributed by atoms with E-state index >= 15 is 0 Å². The Hall–Kier alpha value is -1.44. The second-order valence-electron chi connectivity index (χ2n) is 5.96. The number of rotatable bonds is 7. The normalized spacial score (nSPS) is 17.1. The first-order valence-corrected chi connectivity index (χ1v) is 9.33. The van der Waals surface area contributed by atoms with Crippen molar-refractivity contribution in [2.45, 2.75) is 49.6 Å². The highest BCUT2D eigenvalue weighted by molar-refractivity contribution is 7.89. The lowest BCUT2D eigenvalue weighted by atomic mass is 10.2. The van der Waals surface area contributed by atoms with Crippen molar-refractivity contribution in [2.24, 2.45) is 0 Å². The minimum Gasteiger partial charge on any atom is -0.383 e. The molecule has 0 aromatic heterocycles. The fourth-order valence-corrected chi connectivity index (χ4v) is 3.97. The van der Waals surface area contributed by atoms with Gasteiger partial charge in [0.15, 0.2) is 0 Å². The van der Waals surface area contributed by atoms with Gasteiger partial charge >= 0.3 is 0 Å². The number of hydrogen-bond acceptors (Lipinski definition) is 4. The Balaban J connectivity index is 2.01. The minimum atomic E-state index is -3.61. The van der Waals surface area contributed by atoms with Crippen LogP contribution in [0.15, 0.2) is 29.2 Å². The lowest BCUT2D eigenvalue weighted by molar-refractivity contribution is 0.0938. The van der Waals surface area contributed by atoms with E-state index in [1.165, 1.54) is 19.2 Å². The molecule has 1 saturated carbocycles. The van der Waals surface area contributed by atoms with Crippen LogP contribution >= 0.6 is 0 Å². The Labute approximate surface area is 137 Å². The molecule has 0 spiro atoms. The van der Waals surface area contributed by atoms with Crippen molar-refractivity contribution in [2.75, 3.05) is 13.7 Å². The van der Waals surface area contributed by atoms with E-state index in [0.29, 0.717) is 12.2 Å². The molecule has 0 saturated heterocycles. The molecule has 0 unspecified atom stereocenters. The van der Waals surface area contributed by atoms with Crippen molar-refractivity contribution in [3.05, 3.63) is 29.8 Å². The summed E-state index contributed by atoms with van der Waals surface area (Å²) in [5.41, 5.74) is 0.473. The minimum absolute atomic E-state index is 0.137. The molecule has 0 aliphatic heterocycles. The summed E-state index contributed by atoms with van der Waals surface area (Å²) in [7, 11) is -2.09. The largest absolute Gasteiger partial charge is 0.383 e. The zero-order valence-electron chi connectivity index (χ0n) is 13.5. The molecular weight excluding hydrogens is 316 g/mol. The maximum Gasteiger partial charge on any atom is 0.251 e. The first-order chi connectivity index (χ1) is 10.9. The van der Waals surface area contributed by atoms with Gasteiger partial charge in [-0.2, -0.15) is 0 Å². The zero-order valence-corrected chi connectivity index (χ0v) is 14.4. The lowest BCUT2D eigenvalue weighted by Gasteiger charge is -2.14. The molecule has 1 fully saturated rings. The zero-order chi connectivity index (χ0) is 16.9. The van der Waals surface area contributed by atoms with Crippen molar-refractivity contribution in [1.29, 1.82) is 0 Å². The van der Waals surface area contributed by atoms with E-state index in [1.807, 2.05) is 0 Å². The van der Waals surface area contributed by atoms with Crippen LogP contribution in [-0.4, -0.2) is 40.1 Å². The van der Waals surface area contributed by atoms with Crippen molar-refractivity contribution < 1.29 is 17.9 Å². The molecule has 0 radical (unpaired) electrons. The van der Waals surface area contributed by atoms with Crippen molar-refractivity contribution >= 4 is 15.9 Å². The van der Waals surface area contributed by atoms with E-state index in [0.717, 1.165) is 25.7 Å². The Morgan fingerprint density at radius 2 is 1.87 bits per heavy atom. The molecule has 1 aliphatic rings. The van der Waals surface area contributed by atoms with Gasteiger partial charge in [-0.25, -0.2) is 13.1 Å². The summed E-state index contributed by atoms with van der Waals surface area (Å²) in [5.74, 6) is -0.151. The predicted molar refractivity (Wildman–Crippen MR) is 87.8 cm³/mol. The lowest BCUT2D eigenvalue weighted by Crippen LogP contribution is -2.35. The molecule has 1 atom stereocenters. The van der Waals surface area contributed by atoms with E-state index in [1.54, 1.807) is 19.1 Å². The van der Waals surface area contributed by atoms with Crippen LogP contribution in [0.5, 0.6) is 0 Å². The molecule has 128 valence electrons. The van der Waals surface area contributed by atoms with Gasteiger partial charge in [0.1, 0.15) is 0 Å². The number of carbonyl (C=O) groups excluding carboxylic acids is 1. The third-order valence-electron chi connectivity index (χ3n) is 3.89. The molecule has 0 bridgehead atoms. The monoisotopic (exact) mass is 340 g/mol. The fourth-order valence-electron chi connectivity index (χ4n) is 2.74. The van der Waals surface area contributed by atoms with Crippen LogP contribution in [0.3, 0.4) is 0 Å². The summed E-state index contributed by atoms with van der Waals surface area (Å²) in [6, 6.07) is 5.90. The van der Waals surface area contributed by atoms with Gasteiger partial charge in [0, 0.05) is 24.8 Å². The highest BCUT2D eigenvalue weighted by Crippen LogP contribution is 2.18. The van der Waals surface area contributed by atoms with Crippen molar-refractivity contribution in [3.8, 4) is 0 Å². The summed E-state index contributed by atoms with van der Waals surface area (Å²) >= 11 is 0. The molecule has 2 rings (SSSR count). The number of nitrogens with one attached hydrogen (secondary N) is 2. The Kier molecular flexibility index (Phi) is 6.15. The van der Waals surface area contributed by atoms with Gasteiger partial charge in [-0.05, 0) is 44.0 Å². The van der Waals surface area contributed by atoms with Crippen LogP contribution < -0.4 is 10.0 Å².